The van der Waals surface area contributed by atoms with Gasteiger partial charge in [-0.25, -0.2) is 8.93 Å². The van der Waals surface area contributed by atoms with Crippen LogP contribution in [0.25, 0.3) is 0 Å². The molecule has 0 bridgehead atoms. The maximum Gasteiger partial charge on any atom is 0.231 e. The molecule has 0 heterocycles. The maximum absolute atomic E-state index is 10.5. The summed E-state index contributed by atoms with van der Waals surface area (Å²) >= 11 is -1.88. The Bertz CT molecular complexity index is 154. The van der Waals surface area contributed by atoms with Crippen molar-refractivity contribution in [2.24, 2.45) is 5.41 Å². The lowest BCUT2D eigenvalue weighted by molar-refractivity contribution is 0.322. The van der Waals surface area contributed by atoms with E-state index in [1.165, 1.54) is 0 Å². The summed E-state index contributed by atoms with van der Waals surface area (Å²) in [5.74, 6) is 0. The number of hydrogen-bond donors (Lipinski definition) is 2. The molecule has 0 rings (SSSR count). The molecule has 2 unspecified atom stereocenters. The lowest BCUT2D eigenvalue weighted by atomic mass is 9.88. The van der Waals surface area contributed by atoms with Gasteiger partial charge in [0.1, 0.15) is 0 Å². The number of hydrogen-bond acceptors (Lipinski definition) is 1. The Balaban J connectivity index is 3.92. The molecule has 0 amide bonds. The number of nitrogens with one attached hydrogen (secondary N) is 1. The second-order valence-electron chi connectivity index (χ2n) is 4.24. The van der Waals surface area contributed by atoms with Crippen LogP contribution in [0, 0.1) is 5.41 Å². The number of rotatable bonds is 4. The van der Waals surface area contributed by atoms with Crippen molar-refractivity contribution in [1.29, 1.82) is 0 Å². The molecule has 0 aromatic carbocycles. The van der Waals surface area contributed by atoms with Crippen molar-refractivity contribution >= 4 is 11.3 Å². The second kappa shape index (κ2) is 4.94. The lowest BCUT2D eigenvalue weighted by Gasteiger charge is -2.24. The van der Waals surface area contributed by atoms with Gasteiger partial charge in [0.2, 0.25) is 11.3 Å². The van der Waals surface area contributed by atoms with Gasteiger partial charge in [0.25, 0.3) is 0 Å². The fourth-order valence-electron chi connectivity index (χ4n) is 1.15. The van der Waals surface area contributed by atoms with Crippen LogP contribution in [-0.2, 0) is 11.3 Å². The summed E-state index contributed by atoms with van der Waals surface area (Å²) in [5.41, 5.74) is 0.201. The molecular weight excluding hydrogens is 174 g/mol. The zero-order chi connectivity index (χ0) is 9.78. The predicted molar refractivity (Wildman–Crippen MR) is 52.1 cm³/mol. The summed E-state index contributed by atoms with van der Waals surface area (Å²) in [6, 6.07) is 0.135. The first kappa shape index (κ1) is 12.1. The van der Waals surface area contributed by atoms with Crippen LogP contribution in [0.3, 0.4) is 0 Å². The zero-order valence-corrected chi connectivity index (χ0v) is 9.07. The Hall–Kier alpha value is 0.0700. The highest BCUT2D eigenvalue weighted by molar-refractivity contribution is 7.77. The van der Waals surface area contributed by atoms with Gasteiger partial charge < -0.3 is 0 Å². The van der Waals surface area contributed by atoms with Crippen molar-refractivity contribution in [2.75, 3.05) is 0 Å². The molecule has 0 aliphatic rings. The van der Waals surface area contributed by atoms with Gasteiger partial charge in [-0.2, -0.15) is 0 Å². The normalized spacial score (nSPS) is 17.4. The van der Waals surface area contributed by atoms with E-state index in [-0.39, 0.29) is 11.5 Å². The standard InChI is InChI=1S/C8H19NO2S/c1-5-7(9-12(10)11)6-8(2,3)4/h7,9H,5-6H2,1-4H3,(H,10,11). The molecule has 3 nitrogen and oxygen atoms in total. The third-order valence-corrected chi connectivity index (χ3v) is 2.15. The van der Waals surface area contributed by atoms with Gasteiger partial charge in [-0.3, -0.25) is 4.55 Å². The molecule has 4 heteroatoms. The van der Waals surface area contributed by atoms with Crippen LogP contribution in [0.15, 0.2) is 0 Å². The van der Waals surface area contributed by atoms with E-state index in [2.05, 4.69) is 25.5 Å². The van der Waals surface area contributed by atoms with E-state index in [4.69, 9.17) is 4.55 Å². The van der Waals surface area contributed by atoms with Crippen LogP contribution >= 0.6 is 0 Å². The van der Waals surface area contributed by atoms with E-state index in [1.54, 1.807) is 0 Å². The molecule has 0 aromatic heterocycles. The first-order valence-corrected chi connectivity index (χ1v) is 5.33. The van der Waals surface area contributed by atoms with Gasteiger partial charge in [-0.15, -0.1) is 0 Å². The molecular formula is C8H19NO2S. The molecule has 0 spiro atoms. The SMILES string of the molecule is CCC(CC(C)(C)C)NS(=O)O. The first-order valence-electron chi connectivity index (χ1n) is 4.22. The molecule has 2 N–H and O–H groups in total. The minimum absolute atomic E-state index is 0.135. The molecule has 12 heavy (non-hydrogen) atoms. The molecule has 2 atom stereocenters. The summed E-state index contributed by atoms with van der Waals surface area (Å²) in [6.07, 6.45) is 1.79. The van der Waals surface area contributed by atoms with Crippen LogP contribution in [0.5, 0.6) is 0 Å². The third kappa shape index (κ3) is 6.76. The smallest absolute Gasteiger partial charge is 0.231 e. The van der Waals surface area contributed by atoms with Crippen LogP contribution in [0.1, 0.15) is 40.5 Å². The van der Waals surface area contributed by atoms with Gasteiger partial charge in [0, 0.05) is 6.04 Å². The first-order chi connectivity index (χ1) is 5.35. The average Bonchev–Trinajstić information content (AvgIpc) is 1.82. The molecule has 0 saturated heterocycles. The van der Waals surface area contributed by atoms with Crippen molar-refractivity contribution in [1.82, 2.24) is 4.72 Å². The van der Waals surface area contributed by atoms with Gasteiger partial charge >= 0.3 is 0 Å². The van der Waals surface area contributed by atoms with Gasteiger partial charge in [0.05, 0.1) is 0 Å². The van der Waals surface area contributed by atoms with Gasteiger partial charge in [-0.1, -0.05) is 27.7 Å². The molecule has 74 valence electrons. The van der Waals surface area contributed by atoms with E-state index >= 15 is 0 Å². The van der Waals surface area contributed by atoms with Crippen LogP contribution in [0.2, 0.25) is 0 Å². The Morgan fingerprint density at radius 1 is 1.50 bits per heavy atom. The van der Waals surface area contributed by atoms with Crippen molar-refractivity contribution in [3.8, 4) is 0 Å². The van der Waals surface area contributed by atoms with Gasteiger partial charge in [0.15, 0.2) is 0 Å². The Kier molecular flexibility index (Phi) is 4.97. The largest absolute Gasteiger partial charge is 0.294 e. The van der Waals surface area contributed by atoms with Crippen LogP contribution in [-0.4, -0.2) is 14.8 Å². The van der Waals surface area contributed by atoms with Crippen LogP contribution < -0.4 is 4.72 Å². The second-order valence-corrected chi connectivity index (χ2v) is 4.97. The molecule has 0 radical (unpaired) electrons. The van der Waals surface area contributed by atoms with E-state index in [1.807, 2.05) is 6.92 Å². The fraction of sp³-hybridized carbons (Fsp3) is 1.00. The monoisotopic (exact) mass is 193 g/mol. The molecule has 0 fully saturated rings. The molecule has 0 aromatic rings. The summed E-state index contributed by atoms with van der Waals surface area (Å²) in [6.45, 7) is 8.38. The Morgan fingerprint density at radius 3 is 2.25 bits per heavy atom. The van der Waals surface area contributed by atoms with Gasteiger partial charge in [-0.05, 0) is 18.3 Å². The average molecular weight is 193 g/mol. The van der Waals surface area contributed by atoms with E-state index in [0.29, 0.717) is 0 Å². The van der Waals surface area contributed by atoms with Crippen LogP contribution in [0.4, 0.5) is 0 Å². The van der Waals surface area contributed by atoms with Crippen molar-refractivity contribution in [3.05, 3.63) is 0 Å². The summed E-state index contributed by atoms with van der Waals surface area (Å²) in [5, 5.41) is 0. The van der Waals surface area contributed by atoms with Crippen molar-refractivity contribution in [2.45, 2.75) is 46.6 Å². The summed E-state index contributed by atoms with van der Waals surface area (Å²) < 4.78 is 21.7. The van der Waals surface area contributed by atoms with Crippen molar-refractivity contribution in [3.63, 3.8) is 0 Å². The highest BCUT2D eigenvalue weighted by Gasteiger charge is 2.18. The highest BCUT2D eigenvalue weighted by atomic mass is 32.2. The molecule has 0 aliphatic carbocycles. The highest BCUT2D eigenvalue weighted by Crippen LogP contribution is 2.21. The minimum atomic E-state index is -1.88. The Labute approximate surface area is 77.4 Å². The topological polar surface area (TPSA) is 49.3 Å². The quantitative estimate of drug-likeness (QED) is 0.670. The fourth-order valence-corrected chi connectivity index (χ4v) is 1.69. The summed E-state index contributed by atoms with van der Waals surface area (Å²) in [4.78, 5) is 0. The van der Waals surface area contributed by atoms with E-state index in [9.17, 15) is 4.21 Å². The van der Waals surface area contributed by atoms with E-state index < -0.39 is 11.3 Å². The minimum Gasteiger partial charge on any atom is -0.294 e. The zero-order valence-electron chi connectivity index (χ0n) is 8.26. The third-order valence-electron chi connectivity index (χ3n) is 1.62. The van der Waals surface area contributed by atoms with E-state index in [0.717, 1.165) is 12.8 Å². The lowest BCUT2D eigenvalue weighted by Crippen LogP contribution is -2.33. The summed E-state index contributed by atoms with van der Waals surface area (Å²) in [7, 11) is 0. The molecule has 0 saturated carbocycles. The Morgan fingerprint density at radius 2 is 2.00 bits per heavy atom. The maximum atomic E-state index is 10.5. The van der Waals surface area contributed by atoms with Crippen molar-refractivity contribution < 1.29 is 8.76 Å². The molecule has 0 aliphatic heterocycles. The predicted octanol–water partition coefficient (Wildman–Crippen LogP) is 1.93.